The number of halogens is 2. The predicted molar refractivity (Wildman–Crippen MR) is 87.0 cm³/mol. The monoisotopic (exact) mass is 328 g/mol. The summed E-state index contributed by atoms with van der Waals surface area (Å²) in [7, 11) is 0. The van der Waals surface area contributed by atoms with Gasteiger partial charge in [0.25, 0.3) is 0 Å². The summed E-state index contributed by atoms with van der Waals surface area (Å²) >= 11 is 6.34. The van der Waals surface area contributed by atoms with Crippen LogP contribution in [0.4, 0.5) is 10.3 Å². The van der Waals surface area contributed by atoms with E-state index in [2.05, 4.69) is 15.4 Å². The fourth-order valence-electron chi connectivity index (χ4n) is 3.04. The van der Waals surface area contributed by atoms with Crippen molar-refractivity contribution in [3.05, 3.63) is 76.8 Å². The molecule has 2 aromatic carbocycles. The van der Waals surface area contributed by atoms with Crippen LogP contribution in [0.5, 0.6) is 0 Å². The number of nitrogens with zero attached hydrogens (tertiary/aromatic N) is 3. The topological polar surface area (TPSA) is 42.7 Å². The quantitative estimate of drug-likeness (QED) is 0.766. The van der Waals surface area contributed by atoms with E-state index in [1.165, 1.54) is 18.5 Å². The number of fused-ring (bicyclic) bond motifs is 1. The first kappa shape index (κ1) is 14.2. The number of hydrogen-bond donors (Lipinski definition) is 1. The SMILES string of the molecule is Fc1ccc([C@@H]2C[C@H](c3ccccc3Cl)Nc3ncnn32)cc1. The van der Waals surface area contributed by atoms with Gasteiger partial charge in [-0.15, -0.1) is 0 Å². The maximum absolute atomic E-state index is 13.2. The molecule has 1 aliphatic rings. The van der Waals surface area contributed by atoms with Gasteiger partial charge in [0.1, 0.15) is 12.1 Å². The molecule has 0 amide bonds. The molecule has 1 aromatic heterocycles. The van der Waals surface area contributed by atoms with Gasteiger partial charge in [-0.25, -0.2) is 9.07 Å². The Labute approximate surface area is 137 Å². The lowest BCUT2D eigenvalue weighted by atomic mass is 9.93. The molecular formula is C17H14ClFN4. The number of anilines is 1. The minimum Gasteiger partial charge on any atom is -0.347 e. The van der Waals surface area contributed by atoms with E-state index in [9.17, 15) is 4.39 Å². The van der Waals surface area contributed by atoms with Crippen molar-refractivity contribution in [3.8, 4) is 0 Å². The first-order valence-electron chi connectivity index (χ1n) is 7.38. The molecule has 1 aliphatic heterocycles. The summed E-state index contributed by atoms with van der Waals surface area (Å²) in [5, 5.41) is 8.40. The predicted octanol–water partition coefficient (Wildman–Crippen LogP) is 4.22. The number of aromatic nitrogens is 3. The van der Waals surface area contributed by atoms with Crippen molar-refractivity contribution in [1.29, 1.82) is 0 Å². The summed E-state index contributed by atoms with van der Waals surface area (Å²) in [5.41, 5.74) is 2.02. The molecule has 0 radical (unpaired) electrons. The van der Waals surface area contributed by atoms with Crippen LogP contribution in [0.1, 0.15) is 29.6 Å². The summed E-state index contributed by atoms with van der Waals surface area (Å²) < 4.78 is 15.1. The van der Waals surface area contributed by atoms with E-state index in [4.69, 9.17) is 11.6 Å². The Balaban J connectivity index is 1.75. The van der Waals surface area contributed by atoms with Crippen LogP contribution in [-0.4, -0.2) is 14.8 Å². The van der Waals surface area contributed by atoms with E-state index in [1.807, 2.05) is 28.9 Å². The van der Waals surface area contributed by atoms with Crippen LogP contribution in [0.2, 0.25) is 5.02 Å². The van der Waals surface area contributed by atoms with Gasteiger partial charge in [-0.2, -0.15) is 10.1 Å². The highest BCUT2D eigenvalue weighted by Crippen LogP contribution is 2.39. The zero-order valence-corrected chi connectivity index (χ0v) is 12.9. The largest absolute Gasteiger partial charge is 0.347 e. The molecule has 0 saturated heterocycles. The molecule has 1 N–H and O–H groups in total. The van der Waals surface area contributed by atoms with Gasteiger partial charge in [0.05, 0.1) is 12.1 Å². The van der Waals surface area contributed by atoms with Gasteiger partial charge >= 0.3 is 0 Å². The van der Waals surface area contributed by atoms with Crippen molar-refractivity contribution >= 4 is 17.5 Å². The van der Waals surface area contributed by atoms with Crippen molar-refractivity contribution in [2.45, 2.75) is 18.5 Å². The molecule has 2 heterocycles. The van der Waals surface area contributed by atoms with E-state index in [0.717, 1.165) is 22.6 Å². The molecule has 0 spiro atoms. The lowest BCUT2D eigenvalue weighted by Crippen LogP contribution is -2.28. The van der Waals surface area contributed by atoms with Crippen molar-refractivity contribution < 1.29 is 4.39 Å². The van der Waals surface area contributed by atoms with E-state index >= 15 is 0 Å². The van der Waals surface area contributed by atoms with Crippen LogP contribution in [0.3, 0.4) is 0 Å². The third kappa shape index (κ3) is 2.57. The van der Waals surface area contributed by atoms with Crippen LogP contribution in [0.25, 0.3) is 0 Å². The molecule has 23 heavy (non-hydrogen) atoms. The summed E-state index contributed by atoms with van der Waals surface area (Å²) in [5.74, 6) is 0.444. The fourth-order valence-corrected chi connectivity index (χ4v) is 3.31. The minimum absolute atomic E-state index is 0.0179. The van der Waals surface area contributed by atoms with Gasteiger partial charge in [-0.3, -0.25) is 0 Å². The molecular weight excluding hydrogens is 315 g/mol. The Morgan fingerprint density at radius 3 is 2.70 bits per heavy atom. The van der Waals surface area contributed by atoms with E-state index in [0.29, 0.717) is 5.95 Å². The first-order chi connectivity index (χ1) is 11.2. The van der Waals surface area contributed by atoms with Gasteiger partial charge in [-0.1, -0.05) is 41.9 Å². The molecule has 0 aliphatic carbocycles. The van der Waals surface area contributed by atoms with Gasteiger partial charge in [-0.05, 0) is 35.7 Å². The lowest BCUT2D eigenvalue weighted by molar-refractivity contribution is 0.430. The molecule has 0 fully saturated rings. The van der Waals surface area contributed by atoms with Crippen LogP contribution in [0, 0.1) is 5.82 Å². The molecule has 0 bridgehead atoms. The molecule has 0 saturated carbocycles. The highest BCUT2D eigenvalue weighted by molar-refractivity contribution is 6.31. The highest BCUT2D eigenvalue weighted by atomic mass is 35.5. The Morgan fingerprint density at radius 1 is 1.13 bits per heavy atom. The Bertz CT molecular complexity index is 831. The van der Waals surface area contributed by atoms with Crippen LogP contribution in [0.15, 0.2) is 54.9 Å². The van der Waals surface area contributed by atoms with E-state index < -0.39 is 0 Å². The van der Waals surface area contributed by atoms with Crippen molar-refractivity contribution in [3.63, 3.8) is 0 Å². The Hall–Kier alpha value is -2.40. The second kappa shape index (κ2) is 5.66. The van der Waals surface area contributed by atoms with Crippen LogP contribution >= 0.6 is 11.6 Å². The standard InChI is InChI=1S/C17H14ClFN4/c18-14-4-2-1-3-13(14)15-9-16(11-5-7-12(19)8-6-11)23-17(22-15)20-10-21-23/h1-8,10,15-16H,9H2,(H,20,21,22)/t15-,16+/m1/s1. The van der Waals surface area contributed by atoms with Crippen molar-refractivity contribution in [2.24, 2.45) is 0 Å². The maximum atomic E-state index is 13.2. The summed E-state index contributed by atoms with van der Waals surface area (Å²) in [6.45, 7) is 0. The molecule has 0 unspecified atom stereocenters. The summed E-state index contributed by atoms with van der Waals surface area (Å²) in [6, 6.07) is 14.3. The van der Waals surface area contributed by atoms with Crippen LogP contribution in [-0.2, 0) is 0 Å². The fraction of sp³-hybridized carbons (Fsp3) is 0.176. The normalized spacial score (nSPS) is 19.9. The maximum Gasteiger partial charge on any atom is 0.222 e. The zero-order chi connectivity index (χ0) is 15.8. The average molecular weight is 329 g/mol. The first-order valence-corrected chi connectivity index (χ1v) is 7.76. The molecule has 3 aromatic rings. The molecule has 4 rings (SSSR count). The number of rotatable bonds is 2. The van der Waals surface area contributed by atoms with E-state index in [1.54, 1.807) is 12.1 Å². The van der Waals surface area contributed by atoms with Gasteiger partial charge in [0.2, 0.25) is 5.95 Å². The highest BCUT2D eigenvalue weighted by Gasteiger charge is 2.30. The van der Waals surface area contributed by atoms with Crippen molar-refractivity contribution in [1.82, 2.24) is 14.8 Å². The second-order valence-corrected chi connectivity index (χ2v) is 5.96. The van der Waals surface area contributed by atoms with Crippen molar-refractivity contribution in [2.75, 3.05) is 5.32 Å². The Kier molecular flexibility index (Phi) is 3.50. The zero-order valence-electron chi connectivity index (χ0n) is 12.2. The molecule has 6 heteroatoms. The van der Waals surface area contributed by atoms with E-state index in [-0.39, 0.29) is 17.9 Å². The number of benzene rings is 2. The van der Waals surface area contributed by atoms with Gasteiger partial charge in [0.15, 0.2) is 0 Å². The number of hydrogen-bond acceptors (Lipinski definition) is 3. The summed E-state index contributed by atoms with van der Waals surface area (Å²) in [4.78, 5) is 4.28. The smallest absolute Gasteiger partial charge is 0.222 e. The number of nitrogens with one attached hydrogen (secondary N) is 1. The molecule has 116 valence electrons. The third-order valence-electron chi connectivity index (χ3n) is 4.17. The third-order valence-corrected chi connectivity index (χ3v) is 4.51. The van der Waals surface area contributed by atoms with Gasteiger partial charge < -0.3 is 5.32 Å². The lowest BCUT2D eigenvalue weighted by Gasteiger charge is -2.32. The average Bonchev–Trinajstić information content (AvgIpc) is 3.04. The molecule has 4 nitrogen and oxygen atoms in total. The second-order valence-electron chi connectivity index (χ2n) is 5.55. The Morgan fingerprint density at radius 2 is 1.91 bits per heavy atom. The summed E-state index contributed by atoms with van der Waals surface area (Å²) in [6.07, 6.45) is 2.28. The molecule has 2 atom stereocenters. The van der Waals surface area contributed by atoms with Gasteiger partial charge in [0, 0.05) is 5.02 Å². The van der Waals surface area contributed by atoms with Crippen LogP contribution < -0.4 is 5.32 Å². The minimum atomic E-state index is -0.246.